The fourth-order valence-corrected chi connectivity index (χ4v) is 2.56. The summed E-state index contributed by atoms with van der Waals surface area (Å²) < 4.78 is 5.30. The van der Waals surface area contributed by atoms with E-state index in [2.05, 4.69) is 22.8 Å². The Balaban J connectivity index is 1.64. The summed E-state index contributed by atoms with van der Waals surface area (Å²) in [4.78, 5) is 12.3. The number of amides is 1. The number of benzene rings is 1. The van der Waals surface area contributed by atoms with Crippen molar-refractivity contribution in [1.29, 1.82) is 0 Å². The first kappa shape index (κ1) is 12.9. The molecule has 4 nitrogen and oxygen atoms in total. The highest BCUT2D eigenvalue weighted by molar-refractivity contribution is 5.82. The van der Waals surface area contributed by atoms with E-state index in [-0.39, 0.29) is 18.0 Å². The van der Waals surface area contributed by atoms with Gasteiger partial charge in [0.1, 0.15) is 5.76 Å². The standard InChI is InChI=1S/C16H18N2O2/c1-11(15-7-4-8-20-15)18-16(19)14-9-12-5-2-3-6-13(12)10-17-14/h2-8,11,14,17H,9-10H2,1H3,(H,18,19)/t11-,14-/m0/s1. The van der Waals surface area contributed by atoms with E-state index in [9.17, 15) is 4.79 Å². The van der Waals surface area contributed by atoms with Crippen LogP contribution in [0.25, 0.3) is 0 Å². The lowest BCUT2D eigenvalue weighted by molar-refractivity contribution is -0.124. The van der Waals surface area contributed by atoms with Gasteiger partial charge >= 0.3 is 0 Å². The summed E-state index contributed by atoms with van der Waals surface area (Å²) in [6.07, 6.45) is 2.35. The maximum absolute atomic E-state index is 12.3. The average molecular weight is 270 g/mol. The van der Waals surface area contributed by atoms with Crippen molar-refractivity contribution in [3.8, 4) is 0 Å². The lowest BCUT2D eigenvalue weighted by atomic mass is 9.95. The lowest BCUT2D eigenvalue weighted by Crippen LogP contribution is -2.48. The fourth-order valence-electron chi connectivity index (χ4n) is 2.56. The van der Waals surface area contributed by atoms with Crippen molar-refractivity contribution in [1.82, 2.24) is 10.6 Å². The molecule has 0 saturated carbocycles. The van der Waals surface area contributed by atoms with E-state index in [0.29, 0.717) is 0 Å². The van der Waals surface area contributed by atoms with Crippen LogP contribution in [0.4, 0.5) is 0 Å². The molecule has 1 aliphatic rings. The lowest BCUT2D eigenvalue weighted by Gasteiger charge is -2.26. The Morgan fingerprint density at radius 1 is 1.30 bits per heavy atom. The predicted molar refractivity (Wildman–Crippen MR) is 76.0 cm³/mol. The zero-order valence-corrected chi connectivity index (χ0v) is 11.4. The zero-order valence-electron chi connectivity index (χ0n) is 11.4. The Morgan fingerprint density at radius 2 is 2.10 bits per heavy atom. The fraction of sp³-hybridized carbons (Fsp3) is 0.312. The second-order valence-electron chi connectivity index (χ2n) is 5.15. The molecule has 104 valence electrons. The smallest absolute Gasteiger partial charge is 0.238 e. The molecule has 4 heteroatoms. The van der Waals surface area contributed by atoms with Crippen molar-refractivity contribution < 1.29 is 9.21 Å². The SMILES string of the molecule is C[C@H](NC(=O)[C@@H]1Cc2ccccc2CN1)c1ccco1. The predicted octanol–water partition coefficient (Wildman–Crippen LogP) is 2.17. The minimum absolute atomic E-state index is 0.0170. The Bertz CT molecular complexity index is 592. The third-order valence-electron chi connectivity index (χ3n) is 3.73. The monoisotopic (exact) mass is 270 g/mol. The first-order valence-electron chi connectivity index (χ1n) is 6.88. The van der Waals surface area contributed by atoms with Crippen LogP contribution < -0.4 is 10.6 Å². The molecule has 2 aromatic rings. The molecule has 1 amide bonds. The molecular formula is C16H18N2O2. The van der Waals surface area contributed by atoms with Gasteiger partial charge in [-0.1, -0.05) is 24.3 Å². The number of furan rings is 1. The van der Waals surface area contributed by atoms with Gasteiger partial charge in [0.25, 0.3) is 0 Å². The van der Waals surface area contributed by atoms with Gasteiger partial charge in [0.2, 0.25) is 5.91 Å². The summed E-state index contributed by atoms with van der Waals surface area (Å²) in [6.45, 7) is 2.66. The van der Waals surface area contributed by atoms with Gasteiger partial charge in [-0.3, -0.25) is 4.79 Å². The Labute approximate surface area is 118 Å². The van der Waals surface area contributed by atoms with Crippen molar-refractivity contribution in [2.75, 3.05) is 0 Å². The minimum atomic E-state index is -0.178. The van der Waals surface area contributed by atoms with Gasteiger partial charge in [-0.25, -0.2) is 0 Å². The normalized spacial score (nSPS) is 19.1. The summed E-state index contributed by atoms with van der Waals surface area (Å²) in [5.74, 6) is 0.790. The summed E-state index contributed by atoms with van der Waals surface area (Å²) in [7, 11) is 0. The number of fused-ring (bicyclic) bond motifs is 1. The van der Waals surface area contributed by atoms with E-state index < -0.39 is 0 Å². The Morgan fingerprint density at radius 3 is 2.85 bits per heavy atom. The number of rotatable bonds is 3. The van der Waals surface area contributed by atoms with Crippen molar-refractivity contribution in [2.45, 2.75) is 32.0 Å². The molecule has 1 aliphatic heterocycles. The number of nitrogens with one attached hydrogen (secondary N) is 2. The van der Waals surface area contributed by atoms with Crippen LogP contribution in [0.5, 0.6) is 0 Å². The molecule has 0 spiro atoms. The van der Waals surface area contributed by atoms with E-state index in [4.69, 9.17) is 4.42 Å². The van der Waals surface area contributed by atoms with Crippen LogP contribution in [-0.4, -0.2) is 11.9 Å². The van der Waals surface area contributed by atoms with E-state index in [1.807, 2.05) is 31.2 Å². The molecule has 0 fully saturated rings. The summed E-state index contributed by atoms with van der Waals surface area (Å²) in [5.41, 5.74) is 2.52. The third kappa shape index (κ3) is 2.60. The van der Waals surface area contributed by atoms with Gasteiger partial charge in [0, 0.05) is 6.54 Å². The zero-order chi connectivity index (χ0) is 13.9. The Hall–Kier alpha value is -2.07. The highest BCUT2D eigenvalue weighted by Crippen LogP contribution is 2.17. The minimum Gasteiger partial charge on any atom is -0.467 e. The second-order valence-corrected chi connectivity index (χ2v) is 5.15. The van der Waals surface area contributed by atoms with Crippen molar-refractivity contribution >= 4 is 5.91 Å². The van der Waals surface area contributed by atoms with Gasteiger partial charge in [-0.15, -0.1) is 0 Å². The third-order valence-corrected chi connectivity index (χ3v) is 3.73. The number of carbonyl (C=O) groups excluding carboxylic acids is 1. The number of hydrogen-bond donors (Lipinski definition) is 2. The van der Waals surface area contributed by atoms with Gasteiger partial charge in [0.05, 0.1) is 18.3 Å². The molecule has 2 heterocycles. The van der Waals surface area contributed by atoms with Crippen molar-refractivity contribution in [3.05, 3.63) is 59.5 Å². The van der Waals surface area contributed by atoms with E-state index >= 15 is 0 Å². The molecule has 0 aliphatic carbocycles. The number of hydrogen-bond acceptors (Lipinski definition) is 3. The van der Waals surface area contributed by atoms with Crippen LogP contribution in [-0.2, 0) is 17.8 Å². The summed E-state index contributed by atoms with van der Waals surface area (Å²) in [6, 6.07) is 11.6. The van der Waals surface area contributed by atoms with E-state index in [1.165, 1.54) is 11.1 Å². The van der Waals surface area contributed by atoms with Crippen LogP contribution in [0.2, 0.25) is 0 Å². The molecule has 0 radical (unpaired) electrons. The van der Waals surface area contributed by atoms with Gasteiger partial charge in [-0.2, -0.15) is 0 Å². The molecule has 2 atom stereocenters. The number of carbonyl (C=O) groups is 1. The molecule has 20 heavy (non-hydrogen) atoms. The first-order valence-corrected chi connectivity index (χ1v) is 6.88. The molecule has 0 unspecified atom stereocenters. The first-order chi connectivity index (χ1) is 9.74. The van der Waals surface area contributed by atoms with Crippen LogP contribution in [0.3, 0.4) is 0 Å². The van der Waals surface area contributed by atoms with E-state index in [0.717, 1.165) is 18.7 Å². The van der Waals surface area contributed by atoms with Crippen molar-refractivity contribution in [3.63, 3.8) is 0 Å². The maximum atomic E-state index is 12.3. The highest BCUT2D eigenvalue weighted by atomic mass is 16.3. The van der Waals surface area contributed by atoms with Gasteiger partial charge in [-0.05, 0) is 36.6 Å². The maximum Gasteiger partial charge on any atom is 0.238 e. The van der Waals surface area contributed by atoms with Crippen LogP contribution >= 0.6 is 0 Å². The van der Waals surface area contributed by atoms with Crippen LogP contribution in [0, 0.1) is 0 Å². The molecular weight excluding hydrogens is 252 g/mol. The molecule has 3 rings (SSSR count). The summed E-state index contributed by atoms with van der Waals surface area (Å²) >= 11 is 0. The van der Waals surface area contributed by atoms with Crippen LogP contribution in [0.15, 0.2) is 47.1 Å². The topological polar surface area (TPSA) is 54.3 Å². The molecule has 0 bridgehead atoms. The van der Waals surface area contributed by atoms with E-state index in [1.54, 1.807) is 6.26 Å². The molecule has 0 saturated heterocycles. The quantitative estimate of drug-likeness (QED) is 0.898. The van der Waals surface area contributed by atoms with Gasteiger partial charge in [0.15, 0.2) is 0 Å². The summed E-state index contributed by atoms with van der Waals surface area (Å²) in [5, 5.41) is 6.27. The molecule has 2 N–H and O–H groups in total. The molecule has 1 aromatic carbocycles. The Kier molecular flexibility index (Phi) is 3.56. The van der Waals surface area contributed by atoms with Crippen molar-refractivity contribution in [2.24, 2.45) is 0 Å². The second kappa shape index (κ2) is 5.51. The molecule has 1 aromatic heterocycles. The average Bonchev–Trinajstić information content (AvgIpc) is 3.01. The largest absolute Gasteiger partial charge is 0.467 e. The van der Waals surface area contributed by atoms with Gasteiger partial charge < -0.3 is 15.1 Å². The van der Waals surface area contributed by atoms with Crippen LogP contribution in [0.1, 0.15) is 29.9 Å². The highest BCUT2D eigenvalue weighted by Gasteiger charge is 2.25.